The number of imidazole rings is 2. The fourth-order valence-electron chi connectivity index (χ4n) is 8.03. The monoisotopic (exact) mass is 950 g/mol. The van der Waals surface area contributed by atoms with Gasteiger partial charge in [-0.2, -0.15) is 0 Å². The van der Waals surface area contributed by atoms with Crippen LogP contribution < -0.4 is 10.6 Å². The molecule has 0 radical (unpaired) electrons. The van der Waals surface area contributed by atoms with Crippen LogP contribution in [0.4, 0.5) is 11.6 Å². The predicted molar refractivity (Wildman–Crippen MR) is 230 cm³/mol. The van der Waals surface area contributed by atoms with Gasteiger partial charge < -0.3 is 43.9 Å². The first-order valence-electron chi connectivity index (χ1n) is 19.6. The number of aliphatic hydroxyl groups excluding tert-OH is 1. The number of thiol groups is 1. The Bertz CT molecular complexity index is 2950. The van der Waals surface area contributed by atoms with Gasteiger partial charge in [-0.25, -0.2) is 34.5 Å². The predicted octanol–water partition coefficient (Wildman–Crippen LogP) is 5.38. The minimum atomic E-state index is -4.50. The second-order valence-electron chi connectivity index (χ2n) is 15.0. The van der Waals surface area contributed by atoms with E-state index in [2.05, 4.69) is 52.8 Å². The van der Waals surface area contributed by atoms with Crippen molar-refractivity contribution in [1.29, 1.82) is 0 Å². The molecule has 332 valence electrons. The third-order valence-corrected chi connectivity index (χ3v) is 14.2. The second kappa shape index (κ2) is 16.3. The molecule has 8 atom stereocenters. The van der Waals surface area contributed by atoms with Crippen LogP contribution in [0.5, 0.6) is 0 Å². The van der Waals surface area contributed by atoms with Crippen LogP contribution in [-0.4, -0.2) is 104 Å². The largest absolute Gasteiger partial charge is 0.505 e. The van der Waals surface area contributed by atoms with Crippen molar-refractivity contribution in [3.8, 4) is 0 Å². The number of ether oxygens (including phenoxy) is 3. The fourth-order valence-corrected chi connectivity index (χ4v) is 10.8. The molecule has 4 N–H and O–H groups in total. The summed E-state index contributed by atoms with van der Waals surface area (Å²) in [5.41, 5.74) is -1.70. The topological polar surface area (TPSA) is 268 Å². The van der Waals surface area contributed by atoms with E-state index in [-0.39, 0.29) is 59.2 Å². The molecule has 64 heavy (non-hydrogen) atoms. The Hall–Kier alpha value is -5.23. The Morgan fingerprint density at radius 1 is 0.859 bits per heavy atom. The normalized spacial score (nSPS) is 30.5. The molecule has 2 aromatic carbocycles. The number of hydrogen-bond acceptors (Lipinski definition) is 18. The maximum Gasteiger partial charge on any atom is 0.437 e. The lowest BCUT2D eigenvalue weighted by molar-refractivity contribution is -0.140. The third-order valence-electron chi connectivity index (χ3n) is 11.2. The van der Waals surface area contributed by atoms with Crippen molar-refractivity contribution in [3.63, 3.8) is 0 Å². The summed E-state index contributed by atoms with van der Waals surface area (Å²) in [7, 11) is 0. The lowest BCUT2D eigenvalue weighted by Crippen LogP contribution is -2.53. The average molecular weight is 951 g/mol. The van der Waals surface area contributed by atoms with Crippen LogP contribution in [0.3, 0.4) is 0 Å². The number of benzene rings is 2. The Kier molecular flexibility index (Phi) is 10.9. The number of aliphatic hydroxyl groups is 1. The Labute approximate surface area is 372 Å². The molecule has 4 aliphatic heterocycles. The van der Waals surface area contributed by atoms with Gasteiger partial charge in [0, 0.05) is 17.5 Å². The highest BCUT2D eigenvalue weighted by atomic mass is 32.7. The van der Waals surface area contributed by atoms with Gasteiger partial charge in [0.2, 0.25) is 0 Å². The molecule has 22 nitrogen and oxygen atoms in total. The number of aromatic nitrogens is 8. The lowest BCUT2D eigenvalue weighted by atomic mass is 9.90. The van der Waals surface area contributed by atoms with E-state index in [1.807, 2.05) is 0 Å². The van der Waals surface area contributed by atoms with Crippen LogP contribution in [-0.2, 0) is 48.7 Å². The van der Waals surface area contributed by atoms with Crippen LogP contribution in [0.1, 0.15) is 52.9 Å². The SMILES string of the molecule is CC[C@@]12COP(O)(=S)O[C@H]3[C@H]4OCC[C@]3(COP(=O)(S)OC1=C(O)[C@H](n1cnc3c(NC(=O)c5ccccc5)ncnc31)O2)O[C@H]4n1cnc2c(NC(=O)c3ccccc3)ncnc21. The molecule has 2 bridgehead atoms. The van der Waals surface area contributed by atoms with Gasteiger partial charge in [0.25, 0.3) is 11.8 Å². The van der Waals surface area contributed by atoms with E-state index in [1.54, 1.807) is 72.2 Å². The van der Waals surface area contributed by atoms with Gasteiger partial charge in [0.1, 0.15) is 30.5 Å². The fraction of sp³-hybridized carbons (Fsp3) is 0.316. The summed E-state index contributed by atoms with van der Waals surface area (Å²) in [6, 6.07) is 17.1. The lowest BCUT2D eigenvalue weighted by Gasteiger charge is -2.40. The minimum absolute atomic E-state index is 0.000357. The number of nitrogens with zero attached hydrogens (tertiary/aromatic N) is 8. The van der Waals surface area contributed by atoms with Crippen LogP contribution >= 0.6 is 25.8 Å². The number of amides is 2. The minimum Gasteiger partial charge on any atom is -0.505 e. The number of rotatable bonds is 7. The molecule has 26 heteroatoms. The van der Waals surface area contributed by atoms with E-state index < -0.39 is 80.2 Å². The van der Waals surface area contributed by atoms with Crippen molar-refractivity contribution in [2.45, 2.75) is 55.6 Å². The van der Waals surface area contributed by atoms with Gasteiger partial charge in [-0.1, -0.05) is 43.3 Å². The van der Waals surface area contributed by atoms with Crippen molar-refractivity contribution in [3.05, 3.63) is 109 Å². The summed E-state index contributed by atoms with van der Waals surface area (Å²) in [4.78, 5) is 63.9. The number of nitrogens with one attached hydrogen (secondary N) is 2. The van der Waals surface area contributed by atoms with Gasteiger partial charge in [0.15, 0.2) is 63.5 Å². The number of carbonyl (C=O) groups excluding carboxylic acids is 2. The second-order valence-corrected chi connectivity index (χ2v) is 20.7. The first-order chi connectivity index (χ1) is 30.8. The number of anilines is 2. The van der Waals surface area contributed by atoms with Gasteiger partial charge >= 0.3 is 13.5 Å². The number of fused-ring (bicyclic) bond motifs is 3. The third kappa shape index (κ3) is 7.57. The maximum absolute atomic E-state index is 14.3. The van der Waals surface area contributed by atoms with E-state index in [9.17, 15) is 24.2 Å². The molecule has 4 aliphatic rings. The van der Waals surface area contributed by atoms with Crippen LogP contribution in [0.2, 0.25) is 0 Å². The highest BCUT2D eigenvalue weighted by molar-refractivity contribution is 8.44. The summed E-state index contributed by atoms with van der Waals surface area (Å²) in [5, 5.41) is 17.4. The molecule has 0 saturated carbocycles. The molecule has 0 aliphatic carbocycles. The summed E-state index contributed by atoms with van der Waals surface area (Å²) >= 11 is 9.93. The van der Waals surface area contributed by atoms with Crippen molar-refractivity contribution < 1.29 is 56.5 Å². The number of carbonyl (C=O) groups is 2. The molecule has 8 heterocycles. The van der Waals surface area contributed by atoms with E-state index in [1.165, 1.54) is 29.9 Å². The van der Waals surface area contributed by atoms with Gasteiger partial charge in [0.05, 0.1) is 32.5 Å². The first-order valence-corrected chi connectivity index (χ1v) is 24.9. The highest BCUT2D eigenvalue weighted by Crippen LogP contribution is 2.63. The molecule has 0 spiro atoms. The van der Waals surface area contributed by atoms with E-state index >= 15 is 0 Å². The maximum atomic E-state index is 14.3. The van der Waals surface area contributed by atoms with Crippen LogP contribution in [0.25, 0.3) is 22.3 Å². The van der Waals surface area contributed by atoms with Gasteiger partial charge in [-0.05, 0) is 54.7 Å². The summed E-state index contributed by atoms with van der Waals surface area (Å²) < 4.78 is 60.8. The Morgan fingerprint density at radius 3 is 2.06 bits per heavy atom. The first kappa shape index (κ1) is 42.7. The Balaban J connectivity index is 0.952. The molecule has 4 aromatic heterocycles. The van der Waals surface area contributed by atoms with Gasteiger partial charge in [-0.15, -0.1) is 0 Å². The molecule has 2 unspecified atom stereocenters. The molecular formula is C38H36N10O12P2S2. The van der Waals surface area contributed by atoms with Crippen molar-refractivity contribution in [1.82, 2.24) is 39.0 Å². The zero-order valence-electron chi connectivity index (χ0n) is 33.2. The van der Waals surface area contributed by atoms with Crippen molar-refractivity contribution in [2.75, 3.05) is 30.5 Å². The summed E-state index contributed by atoms with van der Waals surface area (Å²) in [6.45, 7) is -8.08. The van der Waals surface area contributed by atoms with Crippen molar-refractivity contribution in [2.24, 2.45) is 0 Å². The smallest absolute Gasteiger partial charge is 0.437 e. The zero-order valence-corrected chi connectivity index (χ0v) is 36.7. The summed E-state index contributed by atoms with van der Waals surface area (Å²) in [6.07, 6.45) is 0.603. The zero-order chi connectivity index (χ0) is 44.4. The molecule has 10 rings (SSSR count). The molecule has 3 saturated heterocycles. The average Bonchev–Trinajstić information content (AvgIpc) is 4.03. The molecule has 2 amide bonds. The highest BCUT2D eigenvalue weighted by Gasteiger charge is 2.63. The van der Waals surface area contributed by atoms with Gasteiger partial charge in [-0.3, -0.25) is 27.8 Å². The number of hydrogen-bond donors (Lipinski definition) is 5. The van der Waals surface area contributed by atoms with E-state index in [4.69, 9.17) is 44.1 Å². The quantitative estimate of drug-likeness (QED) is 0.0993. The summed E-state index contributed by atoms with van der Waals surface area (Å²) in [5.74, 6) is -1.59. The van der Waals surface area contributed by atoms with E-state index in [0.717, 1.165) is 0 Å². The van der Waals surface area contributed by atoms with Crippen LogP contribution in [0, 0.1) is 0 Å². The van der Waals surface area contributed by atoms with E-state index in [0.29, 0.717) is 11.1 Å². The molecule has 6 aromatic rings. The molecular weight excluding hydrogens is 915 g/mol. The Morgan fingerprint density at radius 2 is 1.45 bits per heavy atom. The molecule has 3 fully saturated rings. The van der Waals surface area contributed by atoms with Crippen LogP contribution in [0.15, 0.2) is 97.5 Å². The standard InChI is InChI=1S/C38H36N10O12P2S2/c1-2-37-15-55-62(53,64)60-28-26-36(48-20-44-24-30(40-18-42-32(24)48)46-34(51)22-11-7-4-8-12-22)58-38(28,13-14-54-26)16-56-61(52,63)59-27(37)25(49)35(57-37)47-19-43-23-29(39-17-41-31(23)47)45-33(50)21-9-5-3-6-10-21/h3-12,17-20,26,28,35-36,49H,2,13-16H2,1H3,(H,52,63)(H,53,64)(H,39,41,45,50)(H,40,42,46,51)/t26-,28+,35-,36-,37-,38-,61?,62?/m1/s1. The van der Waals surface area contributed by atoms with Crippen molar-refractivity contribution >= 4 is 83.3 Å².